The molecule has 1 N–H and O–H groups in total. The second-order valence-corrected chi connectivity index (χ2v) is 6.53. The predicted molar refractivity (Wildman–Crippen MR) is 97.6 cm³/mol. The number of benzene rings is 1. The van der Waals surface area contributed by atoms with Crippen molar-refractivity contribution in [2.45, 2.75) is 19.3 Å². The zero-order chi connectivity index (χ0) is 17.8. The molecule has 7 nitrogen and oxygen atoms in total. The molecule has 136 valence electrons. The number of nitrogens with zero attached hydrogens (tertiary/aromatic N) is 3. The zero-order valence-corrected chi connectivity index (χ0v) is 14.6. The predicted octanol–water partition coefficient (Wildman–Crippen LogP) is 2.49. The highest BCUT2D eigenvalue weighted by molar-refractivity contribution is 5.93. The van der Waals surface area contributed by atoms with Crippen LogP contribution in [0.4, 0.5) is 11.5 Å². The normalized spacial score (nSPS) is 17.5. The van der Waals surface area contributed by atoms with E-state index in [1.54, 1.807) is 18.6 Å². The number of ether oxygens (including phenoxy) is 2. The molecular weight excluding hydrogens is 332 g/mol. The molecule has 4 rings (SSSR count). The van der Waals surface area contributed by atoms with Crippen molar-refractivity contribution in [2.24, 2.45) is 5.92 Å². The van der Waals surface area contributed by atoms with E-state index in [-0.39, 0.29) is 11.8 Å². The minimum absolute atomic E-state index is 0.00102. The Morgan fingerprint density at radius 1 is 1.12 bits per heavy atom. The minimum atomic E-state index is -0.00102. The van der Waals surface area contributed by atoms with Crippen LogP contribution >= 0.6 is 0 Å². The average Bonchev–Trinajstić information content (AvgIpc) is 2.94. The largest absolute Gasteiger partial charge is 0.490 e. The molecule has 0 radical (unpaired) electrons. The summed E-state index contributed by atoms with van der Waals surface area (Å²) in [7, 11) is 0. The number of hydrogen-bond acceptors (Lipinski definition) is 6. The van der Waals surface area contributed by atoms with Crippen LogP contribution in [0.1, 0.15) is 19.3 Å². The van der Waals surface area contributed by atoms with Crippen molar-refractivity contribution < 1.29 is 14.3 Å². The van der Waals surface area contributed by atoms with Crippen LogP contribution in [0.25, 0.3) is 0 Å². The number of carbonyl (C=O) groups is 1. The number of nitrogens with one attached hydrogen (secondary N) is 1. The summed E-state index contributed by atoms with van der Waals surface area (Å²) >= 11 is 0. The Morgan fingerprint density at radius 2 is 1.92 bits per heavy atom. The quantitative estimate of drug-likeness (QED) is 0.913. The van der Waals surface area contributed by atoms with Gasteiger partial charge in [-0.15, -0.1) is 0 Å². The van der Waals surface area contributed by atoms with E-state index in [9.17, 15) is 4.79 Å². The third-order valence-electron chi connectivity index (χ3n) is 4.75. The monoisotopic (exact) mass is 354 g/mol. The average molecular weight is 354 g/mol. The lowest BCUT2D eigenvalue weighted by molar-refractivity contribution is -0.120. The first-order chi connectivity index (χ1) is 12.8. The fraction of sp³-hybridized carbons (Fsp3) is 0.421. The van der Waals surface area contributed by atoms with Gasteiger partial charge in [-0.3, -0.25) is 9.78 Å². The number of anilines is 2. The molecule has 0 spiro atoms. The molecule has 0 unspecified atom stereocenters. The summed E-state index contributed by atoms with van der Waals surface area (Å²) in [6.45, 7) is 2.89. The number of amides is 1. The van der Waals surface area contributed by atoms with E-state index < -0.39 is 0 Å². The molecule has 2 aliphatic rings. The molecular formula is C19H22N4O3. The molecule has 0 atom stereocenters. The highest BCUT2D eigenvalue weighted by Crippen LogP contribution is 2.32. The van der Waals surface area contributed by atoms with Gasteiger partial charge in [-0.2, -0.15) is 0 Å². The third-order valence-corrected chi connectivity index (χ3v) is 4.75. The summed E-state index contributed by atoms with van der Waals surface area (Å²) in [5, 5.41) is 3.02. The molecule has 3 heterocycles. The zero-order valence-electron chi connectivity index (χ0n) is 14.6. The first-order valence-electron chi connectivity index (χ1n) is 9.01. The smallest absolute Gasteiger partial charge is 0.227 e. The molecule has 2 aliphatic heterocycles. The van der Waals surface area contributed by atoms with Gasteiger partial charge in [-0.05, 0) is 25.0 Å². The minimum Gasteiger partial charge on any atom is -0.490 e. The summed E-state index contributed by atoms with van der Waals surface area (Å²) in [4.78, 5) is 23.2. The second kappa shape index (κ2) is 7.59. The highest BCUT2D eigenvalue weighted by atomic mass is 16.5. The Morgan fingerprint density at radius 3 is 2.69 bits per heavy atom. The van der Waals surface area contributed by atoms with Crippen LogP contribution < -0.4 is 19.7 Å². The standard InChI is InChI=1S/C19H22N4O3/c24-19(14-4-8-23(9-5-14)18-13-20-6-7-21-18)22-15-2-3-16-17(12-15)26-11-1-10-25-16/h2-3,6-7,12-14H,1,4-5,8-11H2,(H,22,24). The van der Waals surface area contributed by atoms with E-state index >= 15 is 0 Å². The van der Waals surface area contributed by atoms with E-state index in [1.165, 1.54) is 0 Å². The van der Waals surface area contributed by atoms with E-state index in [4.69, 9.17) is 9.47 Å². The van der Waals surface area contributed by atoms with Gasteiger partial charge >= 0.3 is 0 Å². The maximum atomic E-state index is 12.6. The number of hydrogen-bond donors (Lipinski definition) is 1. The molecule has 1 saturated heterocycles. The molecule has 26 heavy (non-hydrogen) atoms. The number of aromatic nitrogens is 2. The molecule has 0 bridgehead atoms. The topological polar surface area (TPSA) is 76.6 Å². The molecule has 1 aromatic carbocycles. The van der Waals surface area contributed by atoms with Crippen LogP contribution in [0.5, 0.6) is 11.5 Å². The molecule has 0 aliphatic carbocycles. The van der Waals surface area contributed by atoms with Gasteiger partial charge in [0.2, 0.25) is 5.91 Å². The molecule has 1 fully saturated rings. The number of rotatable bonds is 3. The van der Waals surface area contributed by atoms with Crippen molar-refractivity contribution in [3.8, 4) is 11.5 Å². The molecule has 0 saturated carbocycles. The summed E-state index contributed by atoms with van der Waals surface area (Å²) in [6.07, 6.45) is 7.58. The Hall–Kier alpha value is -2.83. The first kappa shape index (κ1) is 16.6. The van der Waals surface area contributed by atoms with E-state index in [1.807, 2.05) is 18.2 Å². The Bertz CT molecular complexity index is 761. The number of fused-ring (bicyclic) bond motifs is 1. The van der Waals surface area contributed by atoms with Crippen LogP contribution in [0.3, 0.4) is 0 Å². The van der Waals surface area contributed by atoms with Crippen molar-refractivity contribution in [2.75, 3.05) is 36.5 Å². The van der Waals surface area contributed by atoms with Crippen molar-refractivity contribution >= 4 is 17.4 Å². The van der Waals surface area contributed by atoms with Gasteiger partial charge in [0.05, 0.1) is 19.4 Å². The van der Waals surface area contributed by atoms with Crippen LogP contribution in [0, 0.1) is 5.92 Å². The van der Waals surface area contributed by atoms with Gasteiger partial charge < -0.3 is 19.7 Å². The summed E-state index contributed by atoms with van der Waals surface area (Å²) in [5.41, 5.74) is 0.746. The van der Waals surface area contributed by atoms with Crippen LogP contribution in [0.15, 0.2) is 36.8 Å². The Balaban J connectivity index is 1.35. The van der Waals surface area contributed by atoms with Crippen molar-refractivity contribution in [3.05, 3.63) is 36.8 Å². The van der Waals surface area contributed by atoms with Crippen LogP contribution in [0.2, 0.25) is 0 Å². The van der Waals surface area contributed by atoms with E-state index in [0.29, 0.717) is 19.0 Å². The van der Waals surface area contributed by atoms with Crippen LogP contribution in [-0.2, 0) is 4.79 Å². The third kappa shape index (κ3) is 3.71. The highest BCUT2D eigenvalue weighted by Gasteiger charge is 2.26. The lowest BCUT2D eigenvalue weighted by Gasteiger charge is -2.31. The van der Waals surface area contributed by atoms with Crippen LogP contribution in [-0.4, -0.2) is 42.2 Å². The number of piperidine rings is 1. The van der Waals surface area contributed by atoms with E-state index in [0.717, 1.165) is 49.6 Å². The first-order valence-corrected chi connectivity index (χ1v) is 9.01. The van der Waals surface area contributed by atoms with Crippen molar-refractivity contribution in [3.63, 3.8) is 0 Å². The van der Waals surface area contributed by atoms with Gasteiger partial charge in [0.25, 0.3) is 0 Å². The van der Waals surface area contributed by atoms with E-state index in [2.05, 4.69) is 20.2 Å². The SMILES string of the molecule is O=C(Nc1ccc2c(c1)OCCCO2)C1CCN(c2cnccn2)CC1. The maximum Gasteiger partial charge on any atom is 0.227 e. The fourth-order valence-corrected chi connectivity index (χ4v) is 3.31. The lowest BCUT2D eigenvalue weighted by Crippen LogP contribution is -2.38. The second-order valence-electron chi connectivity index (χ2n) is 6.53. The summed E-state index contributed by atoms with van der Waals surface area (Å²) in [6, 6.07) is 5.56. The Labute approximate surface area is 152 Å². The summed E-state index contributed by atoms with van der Waals surface area (Å²) < 4.78 is 11.3. The van der Waals surface area contributed by atoms with Crippen molar-refractivity contribution in [1.29, 1.82) is 0 Å². The molecule has 2 aromatic rings. The molecule has 1 amide bonds. The Kier molecular flexibility index (Phi) is 4.86. The number of carbonyl (C=O) groups excluding carboxylic acids is 1. The summed E-state index contributed by atoms with van der Waals surface area (Å²) in [5.74, 6) is 2.35. The van der Waals surface area contributed by atoms with Gasteiger partial charge in [-0.25, -0.2) is 4.98 Å². The van der Waals surface area contributed by atoms with Gasteiger partial charge in [0, 0.05) is 49.6 Å². The van der Waals surface area contributed by atoms with Gasteiger partial charge in [0.15, 0.2) is 11.5 Å². The maximum absolute atomic E-state index is 12.6. The lowest BCUT2D eigenvalue weighted by atomic mass is 9.96. The molecule has 1 aromatic heterocycles. The van der Waals surface area contributed by atoms with Gasteiger partial charge in [0.1, 0.15) is 5.82 Å². The van der Waals surface area contributed by atoms with Gasteiger partial charge in [-0.1, -0.05) is 0 Å². The molecule has 7 heteroatoms. The van der Waals surface area contributed by atoms with Crippen molar-refractivity contribution in [1.82, 2.24) is 9.97 Å². The fourth-order valence-electron chi connectivity index (χ4n) is 3.31.